The number of hydrogen-bond acceptors (Lipinski definition) is 13. The first-order valence-electron chi connectivity index (χ1n) is 19.0. The summed E-state index contributed by atoms with van der Waals surface area (Å²) in [5, 5.41) is 10.6. The second kappa shape index (κ2) is 21.8. The molecule has 2 rings (SSSR count). The number of aliphatic hydroxyl groups excluding tert-OH is 1. The van der Waals surface area contributed by atoms with Crippen molar-refractivity contribution in [3.8, 4) is 5.75 Å². The average molecular weight is 808 g/mol. The summed E-state index contributed by atoms with van der Waals surface area (Å²) in [6.45, 7) is 9.30. The summed E-state index contributed by atoms with van der Waals surface area (Å²) < 4.78 is 44.5. The van der Waals surface area contributed by atoms with Gasteiger partial charge in [0.15, 0.2) is 5.78 Å². The van der Waals surface area contributed by atoms with Gasteiger partial charge in [-0.1, -0.05) is 50.6 Å². The normalized spacial score (nSPS) is 15.7. The second-order valence-corrected chi connectivity index (χ2v) is 17.7. The number of ketones is 1. The van der Waals surface area contributed by atoms with Crippen molar-refractivity contribution in [2.75, 3.05) is 67.3 Å². The highest BCUT2D eigenvalue weighted by molar-refractivity contribution is 7.45. The predicted molar refractivity (Wildman–Crippen MR) is 208 cm³/mol. The summed E-state index contributed by atoms with van der Waals surface area (Å²) in [4.78, 5) is 65.4. The standard InChI is InChI=1S/C41H62NO13P/c1-10-12-23-50-38(47)41(6,29-39(3,4)36(45)51-25-26-55-56(48,49)54-24-22-42(7,8)9)30-40(5,11-2)37(46)53-28-33(43)27-52-34-20-18-32(19-21-34)35(44)31-16-14-13-15-17-31/h13-21,33,43H,10-12,22-30H2,1-9H3. The van der Waals surface area contributed by atoms with E-state index in [0.29, 0.717) is 34.3 Å². The van der Waals surface area contributed by atoms with Crippen LogP contribution in [0.15, 0.2) is 54.6 Å². The molecule has 0 fully saturated rings. The fourth-order valence-corrected chi connectivity index (χ4v) is 6.61. The molecule has 0 spiro atoms. The number of nitrogens with zero attached hydrogens (tertiary/aromatic N) is 1. The van der Waals surface area contributed by atoms with Gasteiger partial charge in [0.2, 0.25) is 0 Å². The molecule has 4 atom stereocenters. The van der Waals surface area contributed by atoms with Crippen LogP contribution >= 0.6 is 7.82 Å². The fourth-order valence-electron chi connectivity index (χ4n) is 5.93. The van der Waals surface area contributed by atoms with Crippen LogP contribution < -0.4 is 9.63 Å². The van der Waals surface area contributed by atoms with E-state index in [1.807, 2.05) is 34.1 Å². The third kappa shape index (κ3) is 16.4. The van der Waals surface area contributed by atoms with Gasteiger partial charge in [-0.25, -0.2) is 0 Å². The number of phosphoric acid groups is 1. The topological polar surface area (TPSA) is 184 Å². The summed E-state index contributed by atoms with van der Waals surface area (Å²) >= 11 is 0. The Hall–Kier alpha value is -3.65. The van der Waals surface area contributed by atoms with Crippen LogP contribution in [0.4, 0.5) is 0 Å². The summed E-state index contributed by atoms with van der Waals surface area (Å²) in [5.41, 5.74) is -2.83. The molecule has 1 N–H and O–H groups in total. The maximum atomic E-state index is 13.7. The number of esters is 3. The minimum absolute atomic E-state index is 0.0509. The Morgan fingerprint density at radius 3 is 1.89 bits per heavy atom. The lowest BCUT2D eigenvalue weighted by Gasteiger charge is -2.39. The van der Waals surface area contributed by atoms with Gasteiger partial charge in [-0.15, -0.1) is 0 Å². The van der Waals surface area contributed by atoms with Crippen LogP contribution in [0.1, 0.15) is 89.6 Å². The van der Waals surface area contributed by atoms with Gasteiger partial charge in [-0.3, -0.25) is 23.7 Å². The van der Waals surface area contributed by atoms with Gasteiger partial charge in [-0.05, 0) is 77.6 Å². The molecule has 0 amide bonds. The Bertz CT molecular complexity index is 1610. The predicted octanol–water partition coefficient (Wildman–Crippen LogP) is 5.52. The zero-order chi connectivity index (χ0) is 42.2. The van der Waals surface area contributed by atoms with E-state index < -0.39 is 54.7 Å². The lowest BCUT2D eigenvalue weighted by molar-refractivity contribution is -0.870. The molecule has 0 saturated carbocycles. The third-order valence-electron chi connectivity index (χ3n) is 9.24. The van der Waals surface area contributed by atoms with E-state index in [-0.39, 0.29) is 58.1 Å². The highest BCUT2D eigenvalue weighted by Gasteiger charge is 2.50. The van der Waals surface area contributed by atoms with Crippen molar-refractivity contribution in [1.29, 1.82) is 0 Å². The van der Waals surface area contributed by atoms with E-state index >= 15 is 0 Å². The smallest absolute Gasteiger partial charge is 0.311 e. The quantitative estimate of drug-likeness (QED) is 0.0313. The highest BCUT2D eigenvalue weighted by Crippen LogP contribution is 2.46. The Kier molecular flexibility index (Phi) is 18.8. The number of ether oxygens (including phenoxy) is 4. The molecule has 0 heterocycles. The first-order valence-corrected chi connectivity index (χ1v) is 20.5. The zero-order valence-corrected chi connectivity index (χ0v) is 35.4. The van der Waals surface area contributed by atoms with Crippen LogP contribution in [0, 0.1) is 16.2 Å². The van der Waals surface area contributed by atoms with Crippen molar-refractivity contribution >= 4 is 31.5 Å². The molecule has 314 valence electrons. The Balaban J connectivity index is 2.03. The van der Waals surface area contributed by atoms with Crippen LogP contribution in [0.2, 0.25) is 0 Å². The summed E-state index contributed by atoms with van der Waals surface area (Å²) in [5.74, 6) is -1.67. The van der Waals surface area contributed by atoms with Crippen molar-refractivity contribution in [2.24, 2.45) is 16.2 Å². The maximum Gasteiger partial charge on any atom is 0.311 e. The van der Waals surface area contributed by atoms with Crippen molar-refractivity contribution in [3.05, 3.63) is 65.7 Å². The highest BCUT2D eigenvalue weighted by atomic mass is 31.2. The van der Waals surface area contributed by atoms with Crippen molar-refractivity contribution in [1.82, 2.24) is 0 Å². The van der Waals surface area contributed by atoms with E-state index in [9.17, 15) is 33.7 Å². The molecule has 0 aliphatic heterocycles. The SMILES string of the molecule is CCCCOC(=O)C(C)(CC(C)(C)C(=O)OCCOP(=O)([O-])OCC[N+](C)(C)C)CC(C)(CC)C(=O)OCC(O)COc1ccc(C(=O)c2ccccc2)cc1. The van der Waals surface area contributed by atoms with Gasteiger partial charge in [0, 0.05) is 11.1 Å². The molecule has 14 nitrogen and oxygen atoms in total. The fraction of sp³-hybridized carbons (Fsp3) is 0.610. The first-order chi connectivity index (χ1) is 26.1. The van der Waals surface area contributed by atoms with Gasteiger partial charge in [-0.2, -0.15) is 0 Å². The van der Waals surface area contributed by atoms with Gasteiger partial charge >= 0.3 is 17.9 Å². The average Bonchev–Trinajstić information content (AvgIpc) is 3.13. The molecular formula is C41H62NO13P. The van der Waals surface area contributed by atoms with Gasteiger partial charge < -0.3 is 42.5 Å². The number of rotatable bonds is 26. The number of quaternary nitrogens is 1. The van der Waals surface area contributed by atoms with Crippen LogP contribution in [0.3, 0.4) is 0 Å². The molecule has 15 heteroatoms. The molecule has 0 aliphatic carbocycles. The summed E-state index contributed by atoms with van der Waals surface area (Å²) in [7, 11) is 1.05. The number of carbonyl (C=O) groups excluding carboxylic acids is 4. The van der Waals surface area contributed by atoms with E-state index in [1.54, 1.807) is 83.1 Å². The number of phosphoric ester groups is 1. The molecule has 56 heavy (non-hydrogen) atoms. The van der Waals surface area contributed by atoms with Crippen molar-refractivity contribution in [3.63, 3.8) is 0 Å². The molecule has 0 bridgehead atoms. The van der Waals surface area contributed by atoms with Crippen molar-refractivity contribution in [2.45, 2.75) is 79.8 Å². The zero-order valence-electron chi connectivity index (χ0n) is 34.5. The van der Waals surface area contributed by atoms with E-state index in [0.717, 1.165) is 6.42 Å². The van der Waals surface area contributed by atoms with Crippen LogP contribution in [-0.4, -0.2) is 107 Å². The molecular weight excluding hydrogens is 745 g/mol. The van der Waals surface area contributed by atoms with Crippen LogP contribution in [0.25, 0.3) is 0 Å². The number of aliphatic hydroxyl groups is 1. The second-order valence-electron chi connectivity index (χ2n) is 16.2. The number of unbranched alkanes of at least 4 members (excludes halogenated alkanes) is 1. The lowest BCUT2D eigenvalue weighted by Crippen LogP contribution is -2.45. The van der Waals surface area contributed by atoms with Gasteiger partial charge in [0.1, 0.15) is 44.8 Å². The Morgan fingerprint density at radius 2 is 1.30 bits per heavy atom. The Labute approximate surface area is 332 Å². The maximum absolute atomic E-state index is 13.7. The van der Waals surface area contributed by atoms with E-state index in [2.05, 4.69) is 0 Å². The number of hydrogen-bond donors (Lipinski definition) is 1. The largest absolute Gasteiger partial charge is 0.756 e. The Morgan fingerprint density at radius 1 is 0.732 bits per heavy atom. The molecule has 2 aromatic carbocycles. The molecule has 0 aromatic heterocycles. The summed E-state index contributed by atoms with van der Waals surface area (Å²) in [6, 6.07) is 15.4. The molecule has 0 radical (unpaired) electrons. The van der Waals surface area contributed by atoms with Gasteiger partial charge in [0.05, 0.1) is 50.6 Å². The van der Waals surface area contributed by atoms with Crippen LogP contribution in [-0.2, 0) is 42.2 Å². The minimum atomic E-state index is -4.61. The lowest BCUT2D eigenvalue weighted by atomic mass is 9.65. The summed E-state index contributed by atoms with van der Waals surface area (Å²) in [6.07, 6.45) is 0.361. The van der Waals surface area contributed by atoms with Gasteiger partial charge in [0.25, 0.3) is 7.82 Å². The van der Waals surface area contributed by atoms with E-state index in [1.165, 1.54) is 0 Å². The molecule has 2 aromatic rings. The molecule has 4 unspecified atom stereocenters. The third-order valence-corrected chi connectivity index (χ3v) is 10.2. The number of carbonyl (C=O) groups is 4. The molecule has 0 saturated heterocycles. The number of benzene rings is 2. The monoisotopic (exact) mass is 807 g/mol. The molecule has 0 aliphatic rings. The van der Waals surface area contributed by atoms with Crippen LogP contribution in [0.5, 0.6) is 5.75 Å². The van der Waals surface area contributed by atoms with E-state index in [4.69, 9.17) is 28.0 Å². The van der Waals surface area contributed by atoms with Crippen molar-refractivity contribution < 1.29 is 66.2 Å². The first kappa shape index (κ1) is 48.5. The number of likely N-dealkylation sites (N-methyl/N-ethyl adjacent to an activating group) is 1. The minimum Gasteiger partial charge on any atom is -0.756 e.